The summed E-state index contributed by atoms with van der Waals surface area (Å²) in [7, 11) is -4.00. The van der Waals surface area contributed by atoms with Crippen LogP contribution in [0.1, 0.15) is 39.2 Å². The van der Waals surface area contributed by atoms with Crippen molar-refractivity contribution in [3.05, 3.63) is 112 Å². The smallest absolute Gasteiger partial charge is 0.264 e. The molecule has 4 rings (SSSR count). The fourth-order valence-corrected chi connectivity index (χ4v) is 6.20. The Labute approximate surface area is 230 Å². The van der Waals surface area contributed by atoms with Crippen molar-refractivity contribution in [3.63, 3.8) is 0 Å². The first-order valence-corrected chi connectivity index (χ1v) is 14.2. The maximum Gasteiger partial charge on any atom is 0.264 e. The Bertz CT molecular complexity index is 1630. The van der Waals surface area contributed by atoms with E-state index in [2.05, 4.69) is 47.1 Å². The number of nitrogens with zero attached hydrogens (tertiary/aromatic N) is 3. The largest absolute Gasteiger partial charge is 0.318 e. The number of amides is 1. The number of anilines is 1. The van der Waals surface area contributed by atoms with Crippen molar-refractivity contribution < 1.29 is 13.2 Å². The first kappa shape index (κ1) is 27.9. The molecule has 1 amide bonds. The van der Waals surface area contributed by atoms with Crippen LogP contribution in [0.4, 0.5) is 5.69 Å². The molecule has 39 heavy (non-hydrogen) atoms. The van der Waals surface area contributed by atoms with Gasteiger partial charge in [-0.05, 0) is 94.6 Å². The average molecular weight is 543 g/mol. The molecule has 0 radical (unpaired) electrons. The highest BCUT2D eigenvalue weighted by Crippen LogP contribution is 2.27. The molecule has 0 bridgehead atoms. The van der Waals surface area contributed by atoms with Gasteiger partial charge in [-0.2, -0.15) is 5.10 Å². The fourth-order valence-electron chi connectivity index (χ4n) is 4.72. The number of rotatable bonds is 8. The van der Waals surface area contributed by atoms with Crippen LogP contribution in [0.25, 0.3) is 5.69 Å². The molecule has 7 nitrogen and oxygen atoms in total. The molecule has 0 saturated carbocycles. The maximum absolute atomic E-state index is 13.6. The summed E-state index contributed by atoms with van der Waals surface area (Å²) in [5, 5.41) is 4.16. The minimum absolute atomic E-state index is 0.117. The van der Waals surface area contributed by atoms with Gasteiger partial charge in [0.2, 0.25) is 0 Å². The van der Waals surface area contributed by atoms with Crippen LogP contribution in [-0.4, -0.2) is 31.7 Å². The summed E-state index contributed by atoms with van der Waals surface area (Å²) < 4.78 is 30.5. The van der Waals surface area contributed by atoms with Gasteiger partial charge < -0.3 is 4.57 Å². The van der Waals surface area contributed by atoms with Crippen molar-refractivity contribution in [2.24, 2.45) is 5.10 Å². The number of hydrogen-bond acceptors (Lipinski definition) is 4. The van der Waals surface area contributed by atoms with Gasteiger partial charge in [-0.3, -0.25) is 9.10 Å². The Balaban J connectivity index is 1.57. The lowest BCUT2D eigenvalue weighted by atomic mass is 10.1. The van der Waals surface area contributed by atoms with Gasteiger partial charge in [0.15, 0.2) is 0 Å². The number of carbonyl (C=O) groups is 1. The summed E-state index contributed by atoms with van der Waals surface area (Å²) in [6.07, 6.45) is 1.59. The summed E-state index contributed by atoms with van der Waals surface area (Å²) in [6.45, 7) is 11.5. The predicted octanol–water partition coefficient (Wildman–Crippen LogP) is 5.67. The topological polar surface area (TPSA) is 83.8 Å². The second kappa shape index (κ2) is 11.3. The van der Waals surface area contributed by atoms with Crippen LogP contribution in [0.2, 0.25) is 0 Å². The van der Waals surface area contributed by atoms with Gasteiger partial charge >= 0.3 is 0 Å². The van der Waals surface area contributed by atoms with Gasteiger partial charge in [-0.25, -0.2) is 13.8 Å². The molecular formula is C31H34N4O3S. The Morgan fingerprint density at radius 2 is 1.51 bits per heavy atom. The number of sulfonamides is 1. The summed E-state index contributed by atoms with van der Waals surface area (Å²) in [5.74, 6) is -0.548. The molecule has 1 N–H and O–H groups in total. The summed E-state index contributed by atoms with van der Waals surface area (Å²) in [5.41, 5.74) is 10.9. The standard InChI is InChI=1S/C31H34N4O3S/c1-21-11-13-29(14-12-21)39(37,38)34(30-10-8-7-9-24(30)4)20-31(36)33-32-19-27-18-25(5)35(26(27)6)28-16-22(2)15-23(3)17-28/h7-19H,20H2,1-6H3,(H,33,36)/b32-19-. The first-order valence-electron chi connectivity index (χ1n) is 12.7. The van der Waals surface area contributed by atoms with E-state index >= 15 is 0 Å². The quantitative estimate of drug-likeness (QED) is 0.230. The zero-order valence-corrected chi connectivity index (χ0v) is 24.0. The number of aromatic nitrogens is 1. The number of benzene rings is 3. The van der Waals surface area contributed by atoms with Gasteiger partial charge in [0.05, 0.1) is 16.8 Å². The van der Waals surface area contributed by atoms with E-state index in [1.807, 2.05) is 45.9 Å². The zero-order chi connectivity index (χ0) is 28.3. The normalized spacial score (nSPS) is 11.6. The van der Waals surface area contributed by atoms with Crippen molar-refractivity contribution in [1.29, 1.82) is 0 Å². The molecular weight excluding hydrogens is 508 g/mol. The molecule has 1 aromatic heterocycles. The molecule has 4 aromatic rings. The van der Waals surface area contributed by atoms with Crippen LogP contribution < -0.4 is 9.73 Å². The fraction of sp³-hybridized carbons (Fsp3) is 0.226. The van der Waals surface area contributed by atoms with Crippen LogP contribution in [-0.2, 0) is 14.8 Å². The number of carbonyl (C=O) groups excluding carboxylic acids is 1. The van der Waals surface area contributed by atoms with Crippen molar-refractivity contribution in [3.8, 4) is 5.69 Å². The van der Waals surface area contributed by atoms with E-state index in [1.54, 1.807) is 42.6 Å². The molecule has 0 saturated heterocycles. The third-order valence-electron chi connectivity index (χ3n) is 6.61. The third kappa shape index (κ3) is 6.12. The van der Waals surface area contributed by atoms with Crippen LogP contribution in [0.15, 0.2) is 82.8 Å². The molecule has 0 aliphatic heterocycles. The van der Waals surface area contributed by atoms with E-state index in [9.17, 15) is 13.2 Å². The lowest BCUT2D eigenvalue weighted by Gasteiger charge is -2.25. The summed E-state index contributed by atoms with van der Waals surface area (Å²) in [4.78, 5) is 13.1. The first-order chi connectivity index (χ1) is 18.5. The molecule has 0 unspecified atom stereocenters. The Morgan fingerprint density at radius 1 is 0.872 bits per heavy atom. The number of nitrogens with one attached hydrogen (secondary N) is 1. The monoisotopic (exact) mass is 542 g/mol. The number of aryl methyl sites for hydroxylation is 5. The molecule has 0 atom stereocenters. The Morgan fingerprint density at radius 3 is 2.15 bits per heavy atom. The lowest BCUT2D eigenvalue weighted by molar-refractivity contribution is -0.119. The van der Waals surface area contributed by atoms with E-state index in [0.717, 1.165) is 38.1 Å². The summed E-state index contributed by atoms with van der Waals surface area (Å²) >= 11 is 0. The van der Waals surface area contributed by atoms with Crippen LogP contribution in [0.5, 0.6) is 0 Å². The molecule has 0 spiro atoms. The lowest BCUT2D eigenvalue weighted by Crippen LogP contribution is -2.40. The highest BCUT2D eigenvalue weighted by atomic mass is 32.2. The molecule has 3 aromatic carbocycles. The van der Waals surface area contributed by atoms with Crippen molar-refractivity contribution in [2.45, 2.75) is 46.4 Å². The van der Waals surface area contributed by atoms with Crippen molar-refractivity contribution >= 4 is 27.8 Å². The highest BCUT2D eigenvalue weighted by Gasteiger charge is 2.28. The average Bonchev–Trinajstić information content (AvgIpc) is 3.15. The predicted molar refractivity (Wildman–Crippen MR) is 157 cm³/mol. The van der Waals surface area contributed by atoms with E-state index in [-0.39, 0.29) is 4.90 Å². The van der Waals surface area contributed by atoms with Gasteiger partial charge in [0.1, 0.15) is 6.54 Å². The number of para-hydroxylation sites is 1. The van der Waals surface area contributed by atoms with Gasteiger partial charge in [0, 0.05) is 22.6 Å². The van der Waals surface area contributed by atoms with Crippen LogP contribution in [0.3, 0.4) is 0 Å². The van der Waals surface area contributed by atoms with E-state index in [0.29, 0.717) is 5.69 Å². The maximum atomic E-state index is 13.6. The van der Waals surface area contributed by atoms with Crippen molar-refractivity contribution in [1.82, 2.24) is 9.99 Å². The molecule has 8 heteroatoms. The van der Waals surface area contributed by atoms with E-state index in [4.69, 9.17) is 0 Å². The minimum atomic E-state index is -4.00. The van der Waals surface area contributed by atoms with E-state index < -0.39 is 22.5 Å². The molecule has 1 heterocycles. The van der Waals surface area contributed by atoms with Gasteiger partial charge in [-0.1, -0.05) is 42.0 Å². The number of hydrogen-bond donors (Lipinski definition) is 1. The zero-order valence-electron chi connectivity index (χ0n) is 23.2. The molecule has 202 valence electrons. The second-order valence-electron chi connectivity index (χ2n) is 9.91. The summed E-state index contributed by atoms with van der Waals surface area (Å²) in [6, 6.07) is 22.1. The van der Waals surface area contributed by atoms with Crippen LogP contribution >= 0.6 is 0 Å². The second-order valence-corrected chi connectivity index (χ2v) is 11.8. The molecule has 0 fully saturated rings. The van der Waals surface area contributed by atoms with Gasteiger partial charge in [-0.15, -0.1) is 0 Å². The van der Waals surface area contributed by atoms with E-state index in [1.165, 1.54) is 11.1 Å². The Kier molecular flexibility index (Phi) is 8.06. The van der Waals surface area contributed by atoms with Gasteiger partial charge in [0.25, 0.3) is 15.9 Å². The SMILES string of the molecule is Cc1ccc(S(=O)(=O)N(CC(=O)N/N=C\c2cc(C)n(-c3cc(C)cc(C)c3)c2C)c2ccccc2C)cc1. The highest BCUT2D eigenvalue weighted by molar-refractivity contribution is 7.92. The molecule has 0 aliphatic carbocycles. The molecule has 0 aliphatic rings. The Hall–Kier alpha value is -4.17. The van der Waals surface area contributed by atoms with Crippen LogP contribution in [0, 0.1) is 41.5 Å². The van der Waals surface area contributed by atoms with Crippen molar-refractivity contribution in [2.75, 3.05) is 10.8 Å². The number of hydrazone groups is 1. The third-order valence-corrected chi connectivity index (χ3v) is 8.38. The minimum Gasteiger partial charge on any atom is -0.318 e.